The number of aliphatic hydroxyl groups is 1. The van der Waals surface area contributed by atoms with Gasteiger partial charge in [0, 0.05) is 17.9 Å². The molecule has 2 fully saturated rings. The second kappa shape index (κ2) is 4.07. The zero-order valence-corrected chi connectivity index (χ0v) is 12.0. The third-order valence-electron chi connectivity index (χ3n) is 4.61. The van der Waals surface area contributed by atoms with Crippen LogP contribution in [0.5, 0.6) is 0 Å². The van der Waals surface area contributed by atoms with Gasteiger partial charge in [0.2, 0.25) is 0 Å². The number of rotatable bonds is 2. The molecular weight excluding hydrogens is 243 g/mol. The monoisotopic (exact) mass is 264 g/mol. The number of hydrogen-bond donors (Lipinski definition) is 1. The Bertz CT molecular complexity index is 464. The lowest BCUT2D eigenvalue weighted by molar-refractivity contribution is 0.00578. The average molecular weight is 264 g/mol. The van der Waals surface area contributed by atoms with Crippen molar-refractivity contribution in [2.75, 3.05) is 0 Å². The molecule has 104 valence electrons. The van der Waals surface area contributed by atoms with Crippen LogP contribution in [0.3, 0.4) is 0 Å². The Morgan fingerprint density at radius 2 is 1.84 bits per heavy atom. The van der Waals surface area contributed by atoms with Crippen molar-refractivity contribution in [3.8, 4) is 0 Å². The molecule has 2 heterocycles. The number of nitrogens with zero attached hydrogens (tertiary/aromatic N) is 2. The van der Waals surface area contributed by atoms with Gasteiger partial charge in [0.25, 0.3) is 0 Å². The van der Waals surface area contributed by atoms with Crippen LogP contribution in [-0.4, -0.2) is 39.3 Å². The van der Waals surface area contributed by atoms with Crippen molar-refractivity contribution in [3.63, 3.8) is 0 Å². The largest absolute Gasteiger partial charge is 0.498 e. The summed E-state index contributed by atoms with van der Waals surface area (Å²) in [6.45, 7) is 8.17. The summed E-state index contributed by atoms with van der Waals surface area (Å²) in [6, 6.07) is 0.311. The SMILES string of the molecule is CC1(C)OB(c2cnn([C@H]3C[C@H](O)C3)c2)OC1(C)C. The van der Waals surface area contributed by atoms with Crippen LogP contribution in [0.15, 0.2) is 12.4 Å². The van der Waals surface area contributed by atoms with Gasteiger partial charge in [0.05, 0.1) is 23.3 Å². The summed E-state index contributed by atoms with van der Waals surface area (Å²) < 4.78 is 13.9. The second-order valence-corrected chi connectivity index (χ2v) is 6.62. The van der Waals surface area contributed by atoms with Crippen molar-refractivity contribution in [1.82, 2.24) is 9.78 Å². The molecule has 19 heavy (non-hydrogen) atoms. The molecule has 0 atom stereocenters. The first-order valence-electron chi connectivity index (χ1n) is 6.86. The van der Waals surface area contributed by atoms with Gasteiger partial charge in [0.1, 0.15) is 0 Å². The topological polar surface area (TPSA) is 56.5 Å². The molecule has 0 radical (unpaired) electrons. The minimum absolute atomic E-state index is 0.172. The Kier molecular flexibility index (Phi) is 2.82. The fourth-order valence-corrected chi connectivity index (χ4v) is 2.43. The quantitative estimate of drug-likeness (QED) is 0.805. The van der Waals surface area contributed by atoms with Crippen molar-refractivity contribution in [2.24, 2.45) is 0 Å². The van der Waals surface area contributed by atoms with E-state index in [1.54, 1.807) is 6.20 Å². The normalized spacial score (nSPS) is 32.4. The molecule has 1 saturated heterocycles. The van der Waals surface area contributed by atoms with Gasteiger partial charge >= 0.3 is 7.12 Å². The van der Waals surface area contributed by atoms with Crippen LogP contribution in [-0.2, 0) is 9.31 Å². The van der Waals surface area contributed by atoms with Gasteiger partial charge in [-0.1, -0.05) is 0 Å². The summed E-state index contributed by atoms with van der Waals surface area (Å²) >= 11 is 0. The van der Waals surface area contributed by atoms with Crippen LogP contribution in [0, 0.1) is 0 Å². The molecular formula is C13H21BN2O3. The number of hydrogen-bond acceptors (Lipinski definition) is 4. The van der Waals surface area contributed by atoms with Crippen LogP contribution in [0.25, 0.3) is 0 Å². The average Bonchev–Trinajstić information content (AvgIpc) is 2.78. The van der Waals surface area contributed by atoms with E-state index >= 15 is 0 Å². The number of aliphatic hydroxyl groups excluding tert-OH is 1. The maximum atomic E-state index is 9.34. The standard InChI is InChI=1S/C13H21BN2O3/c1-12(2)13(3,4)19-14(18-12)9-7-15-16(8-9)10-5-11(17)6-10/h7-8,10-11,17H,5-6H2,1-4H3/t10-,11-. The molecule has 0 bridgehead atoms. The van der Waals surface area contributed by atoms with Gasteiger partial charge in [-0.15, -0.1) is 0 Å². The first kappa shape index (κ1) is 13.2. The van der Waals surface area contributed by atoms with Crippen molar-refractivity contribution in [2.45, 2.75) is 63.9 Å². The Labute approximate surface area is 114 Å². The molecule has 0 spiro atoms. The fourth-order valence-electron chi connectivity index (χ4n) is 2.43. The highest BCUT2D eigenvalue weighted by Crippen LogP contribution is 2.36. The molecule has 3 rings (SSSR count). The van der Waals surface area contributed by atoms with E-state index in [0.717, 1.165) is 18.3 Å². The maximum Gasteiger partial charge on any atom is 0.498 e. The van der Waals surface area contributed by atoms with E-state index in [2.05, 4.69) is 5.10 Å². The Morgan fingerprint density at radius 3 is 2.37 bits per heavy atom. The predicted octanol–water partition coefficient (Wildman–Crippen LogP) is 0.878. The molecule has 0 aromatic carbocycles. The van der Waals surface area contributed by atoms with Crippen LogP contribution in [0.2, 0.25) is 0 Å². The predicted molar refractivity (Wildman–Crippen MR) is 72.2 cm³/mol. The van der Waals surface area contributed by atoms with Crippen molar-refractivity contribution >= 4 is 12.6 Å². The summed E-state index contributed by atoms with van der Waals surface area (Å²) in [5.41, 5.74) is 0.291. The van der Waals surface area contributed by atoms with Gasteiger partial charge in [-0.3, -0.25) is 4.68 Å². The van der Waals surface area contributed by atoms with Crippen LogP contribution < -0.4 is 5.46 Å². The van der Waals surface area contributed by atoms with E-state index in [-0.39, 0.29) is 24.4 Å². The molecule has 0 unspecified atom stereocenters. The van der Waals surface area contributed by atoms with E-state index in [1.807, 2.05) is 38.6 Å². The summed E-state index contributed by atoms with van der Waals surface area (Å²) in [4.78, 5) is 0. The molecule has 1 aliphatic heterocycles. The highest BCUT2D eigenvalue weighted by Gasteiger charge is 2.52. The smallest absolute Gasteiger partial charge is 0.399 e. The zero-order valence-electron chi connectivity index (χ0n) is 12.0. The molecule has 5 nitrogen and oxygen atoms in total. The number of aromatic nitrogens is 2. The second-order valence-electron chi connectivity index (χ2n) is 6.62. The maximum absolute atomic E-state index is 9.34. The van der Waals surface area contributed by atoms with E-state index < -0.39 is 0 Å². The lowest BCUT2D eigenvalue weighted by atomic mass is 9.81. The summed E-state index contributed by atoms with van der Waals surface area (Å²) in [5, 5.41) is 13.7. The van der Waals surface area contributed by atoms with Crippen molar-refractivity contribution in [3.05, 3.63) is 12.4 Å². The first-order chi connectivity index (χ1) is 8.78. The lowest BCUT2D eigenvalue weighted by Gasteiger charge is -2.32. The molecule has 1 aromatic heterocycles. The summed E-state index contributed by atoms with van der Waals surface area (Å²) in [7, 11) is -0.358. The fraction of sp³-hybridized carbons (Fsp3) is 0.769. The highest BCUT2D eigenvalue weighted by atomic mass is 16.7. The molecule has 2 aliphatic rings. The third kappa shape index (κ3) is 2.12. The molecule has 1 aromatic rings. The van der Waals surface area contributed by atoms with Gasteiger partial charge < -0.3 is 14.4 Å². The van der Waals surface area contributed by atoms with Crippen molar-refractivity contribution < 1.29 is 14.4 Å². The molecule has 1 aliphatic carbocycles. The van der Waals surface area contributed by atoms with Gasteiger partial charge in [-0.2, -0.15) is 5.10 Å². The molecule has 1 N–H and O–H groups in total. The summed E-state index contributed by atoms with van der Waals surface area (Å²) in [5.74, 6) is 0. The molecule has 1 saturated carbocycles. The highest BCUT2D eigenvalue weighted by molar-refractivity contribution is 6.61. The minimum Gasteiger partial charge on any atom is -0.399 e. The van der Waals surface area contributed by atoms with Crippen LogP contribution >= 0.6 is 0 Å². The molecule has 6 heteroatoms. The van der Waals surface area contributed by atoms with Gasteiger partial charge in [-0.25, -0.2) is 0 Å². The van der Waals surface area contributed by atoms with E-state index in [0.29, 0.717) is 6.04 Å². The van der Waals surface area contributed by atoms with Gasteiger partial charge in [-0.05, 0) is 40.5 Å². The first-order valence-corrected chi connectivity index (χ1v) is 6.86. The van der Waals surface area contributed by atoms with E-state index in [9.17, 15) is 5.11 Å². The Hall–Kier alpha value is -0.845. The minimum atomic E-state index is -0.358. The van der Waals surface area contributed by atoms with Gasteiger partial charge in [0.15, 0.2) is 0 Å². The summed E-state index contributed by atoms with van der Waals surface area (Å²) in [6.07, 6.45) is 5.16. The van der Waals surface area contributed by atoms with Crippen molar-refractivity contribution in [1.29, 1.82) is 0 Å². The van der Waals surface area contributed by atoms with Crippen LogP contribution in [0.4, 0.5) is 0 Å². The van der Waals surface area contributed by atoms with Crippen LogP contribution in [0.1, 0.15) is 46.6 Å². The zero-order chi connectivity index (χ0) is 13.8. The molecule has 0 amide bonds. The Balaban J connectivity index is 1.74. The lowest BCUT2D eigenvalue weighted by Crippen LogP contribution is -2.41. The van der Waals surface area contributed by atoms with E-state index in [4.69, 9.17) is 9.31 Å². The van der Waals surface area contributed by atoms with E-state index in [1.165, 1.54) is 0 Å². The Morgan fingerprint density at radius 1 is 1.26 bits per heavy atom. The third-order valence-corrected chi connectivity index (χ3v) is 4.61.